The van der Waals surface area contributed by atoms with E-state index in [-0.39, 0.29) is 0 Å². The molecule has 15 heavy (non-hydrogen) atoms. The van der Waals surface area contributed by atoms with Gasteiger partial charge >= 0.3 is 0 Å². The van der Waals surface area contributed by atoms with E-state index < -0.39 is 0 Å². The number of rotatable bonds is 7. The van der Waals surface area contributed by atoms with Crippen LogP contribution < -0.4 is 5.73 Å². The molecule has 0 aliphatic heterocycles. The summed E-state index contributed by atoms with van der Waals surface area (Å²) in [7, 11) is 4.16. The Hall–Kier alpha value is -0.420. The Morgan fingerprint density at radius 3 is 2.93 bits per heavy atom. The predicted molar refractivity (Wildman–Crippen MR) is 65.0 cm³/mol. The third kappa shape index (κ3) is 5.28. The Morgan fingerprint density at radius 2 is 2.27 bits per heavy atom. The third-order valence-corrected chi connectivity index (χ3v) is 2.91. The van der Waals surface area contributed by atoms with Gasteiger partial charge in [-0.05, 0) is 44.1 Å². The highest BCUT2D eigenvalue weighted by Crippen LogP contribution is 2.16. The maximum absolute atomic E-state index is 5.49. The Kier molecular flexibility index (Phi) is 5.86. The lowest BCUT2D eigenvalue weighted by Crippen LogP contribution is -2.09. The molecule has 3 nitrogen and oxygen atoms in total. The predicted octanol–water partition coefficient (Wildman–Crippen LogP) is 1.68. The topological polar surface area (TPSA) is 38.5 Å². The summed E-state index contributed by atoms with van der Waals surface area (Å²) in [5.41, 5.74) is 6.66. The van der Waals surface area contributed by atoms with Gasteiger partial charge in [-0.1, -0.05) is 0 Å². The van der Waals surface area contributed by atoms with E-state index in [1.807, 2.05) is 0 Å². The van der Waals surface area contributed by atoms with E-state index in [0.717, 1.165) is 19.6 Å². The van der Waals surface area contributed by atoms with Gasteiger partial charge in [0.2, 0.25) is 0 Å². The third-order valence-electron chi connectivity index (χ3n) is 1.94. The molecule has 0 aliphatic rings. The van der Waals surface area contributed by atoms with E-state index in [1.165, 1.54) is 10.4 Å². The van der Waals surface area contributed by atoms with Crippen LogP contribution in [0.3, 0.4) is 0 Å². The molecule has 0 bridgehead atoms. The minimum absolute atomic E-state index is 0.704. The number of hydrogen-bond acceptors (Lipinski definition) is 4. The summed E-state index contributed by atoms with van der Waals surface area (Å²) in [5.74, 6) is 0. The van der Waals surface area contributed by atoms with Crippen LogP contribution in [0.1, 0.15) is 16.9 Å². The van der Waals surface area contributed by atoms with Crippen molar-refractivity contribution in [2.24, 2.45) is 5.73 Å². The Morgan fingerprint density at radius 1 is 1.47 bits per heavy atom. The van der Waals surface area contributed by atoms with Crippen LogP contribution in [-0.2, 0) is 17.9 Å². The number of nitrogens with zero attached hydrogens (tertiary/aromatic N) is 1. The van der Waals surface area contributed by atoms with E-state index in [2.05, 4.69) is 30.4 Å². The second kappa shape index (κ2) is 6.95. The monoisotopic (exact) mass is 228 g/mol. The summed E-state index contributed by atoms with van der Waals surface area (Å²) < 4.78 is 5.49. The second-order valence-corrected chi connectivity index (χ2v) is 4.85. The lowest BCUT2D eigenvalue weighted by Gasteiger charge is -2.06. The highest BCUT2D eigenvalue weighted by molar-refractivity contribution is 7.10. The highest BCUT2D eigenvalue weighted by atomic mass is 32.1. The average Bonchev–Trinajstić information content (AvgIpc) is 2.59. The molecular weight excluding hydrogens is 208 g/mol. The molecule has 0 saturated heterocycles. The largest absolute Gasteiger partial charge is 0.377 e. The molecule has 1 aromatic heterocycles. The molecule has 0 saturated carbocycles. The molecule has 0 unspecified atom stereocenters. The number of hydrogen-bond donors (Lipinski definition) is 1. The van der Waals surface area contributed by atoms with Crippen LogP contribution in [0.15, 0.2) is 11.4 Å². The molecule has 0 atom stereocenters. The standard InChI is InChI=1S/C11H20N2OS/c1-13(2)7-11-6-10(9-15-11)8-14-5-3-4-12/h6,9H,3-5,7-8,12H2,1-2H3. The molecule has 2 N–H and O–H groups in total. The lowest BCUT2D eigenvalue weighted by molar-refractivity contribution is 0.120. The van der Waals surface area contributed by atoms with Crippen LogP contribution in [0.4, 0.5) is 0 Å². The van der Waals surface area contributed by atoms with E-state index in [4.69, 9.17) is 10.5 Å². The normalized spacial score (nSPS) is 11.2. The van der Waals surface area contributed by atoms with Gasteiger partial charge in [0.1, 0.15) is 0 Å². The fourth-order valence-electron chi connectivity index (χ4n) is 1.27. The lowest BCUT2D eigenvalue weighted by atomic mass is 10.3. The fraction of sp³-hybridized carbons (Fsp3) is 0.636. The van der Waals surface area contributed by atoms with Gasteiger partial charge in [-0.25, -0.2) is 0 Å². The van der Waals surface area contributed by atoms with Crippen molar-refractivity contribution in [1.82, 2.24) is 4.90 Å². The Balaban J connectivity index is 2.26. The van der Waals surface area contributed by atoms with Crippen LogP contribution >= 0.6 is 11.3 Å². The summed E-state index contributed by atoms with van der Waals surface area (Å²) in [6.07, 6.45) is 0.939. The van der Waals surface area contributed by atoms with Crippen molar-refractivity contribution in [2.75, 3.05) is 27.2 Å². The molecule has 1 aromatic rings. The minimum atomic E-state index is 0.704. The second-order valence-electron chi connectivity index (χ2n) is 3.85. The first-order valence-corrected chi connectivity index (χ1v) is 6.09. The van der Waals surface area contributed by atoms with E-state index in [1.54, 1.807) is 11.3 Å². The Bertz CT molecular complexity index is 273. The van der Waals surface area contributed by atoms with Crippen LogP contribution in [0, 0.1) is 0 Å². The summed E-state index contributed by atoms with van der Waals surface area (Å²) in [6, 6.07) is 2.22. The van der Waals surface area contributed by atoms with Gasteiger partial charge in [-0.15, -0.1) is 11.3 Å². The van der Waals surface area contributed by atoms with E-state index >= 15 is 0 Å². The van der Waals surface area contributed by atoms with Crippen molar-refractivity contribution in [3.05, 3.63) is 21.9 Å². The van der Waals surface area contributed by atoms with Crippen molar-refractivity contribution in [3.63, 3.8) is 0 Å². The van der Waals surface area contributed by atoms with Crippen LogP contribution in [0.2, 0.25) is 0 Å². The first-order valence-electron chi connectivity index (χ1n) is 5.21. The molecule has 0 amide bonds. The van der Waals surface area contributed by atoms with Gasteiger partial charge in [-0.3, -0.25) is 0 Å². The molecule has 1 rings (SSSR count). The van der Waals surface area contributed by atoms with E-state index in [9.17, 15) is 0 Å². The molecule has 0 aromatic carbocycles. The fourth-order valence-corrected chi connectivity index (χ4v) is 2.26. The molecule has 0 aliphatic carbocycles. The van der Waals surface area contributed by atoms with Gasteiger partial charge in [0.15, 0.2) is 0 Å². The van der Waals surface area contributed by atoms with Crippen molar-refractivity contribution < 1.29 is 4.74 Å². The summed E-state index contributed by atoms with van der Waals surface area (Å²) in [6.45, 7) is 3.18. The minimum Gasteiger partial charge on any atom is -0.377 e. The SMILES string of the molecule is CN(C)Cc1cc(COCCCN)cs1. The van der Waals surface area contributed by atoms with Crippen LogP contribution in [0.25, 0.3) is 0 Å². The summed E-state index contributed by atoms with van der Waals surface area (Å²) in [5, 5.41) is 2.17. The molecule has 86 valence electrons. The zero-order chi connectivity index (χ0) is 11.1. The first kappa shape index (κ1) is 12.6. The number of ether oxygens (including phenoxy) is 1. The van der Waals surface area contributed by atoms with Gasteiger partial charge in [0.25, 0.3) is 0 Å². The van der Waals surface area contributed by atoms with Crippen molar-refractivity contribution in [1.29, 1.82) is 0 Å². The van der Waals surface area contributed by atoms with Crippen molar-refractivity contribution in [3.8, 4) is 0 Å². The molecule has 0 spiro atoms. The maximum Gasteiger partial charge on any atom is 0.0725 e. The van der Waals surface area contributed by atoms with Gasteiger partial charge in [0, 0.05) is 18.0 Å². The van der Waals surface area contributed by atoms with Crippen molar-refractivity contribution in [2.45, 2.75) is 19.6 Å². The van der Waals surface area contributed by atoms with E-state index in [0.29, 0.717) is 13.2 Å². The number of thiophene rings is 1. The highest BCUT2D eigenvalue weighted by Gasteiger charge is 2.01. The van der Waals surface area contributed by atoms with Crippen LogP contribution in [0.5, 0.6) is 0 Å². The molecular formula is C11H20N2OS. The number of nitrogens with two attached hydrogens (primary N) is 1. The molecule has 0 radical (unpaired) electrons. The molecule has 4 heteroatoms. The summed E-state index contributed by atoms with van der Waals surface area (Å²) >= 11 is 1.80. The zero-order valence-corrected chi connectivity index (χ0v) is 10.3. The maximum atomic E-state index is 5.49. The van der Waals surface area contributed by atoms with Crippen molar-refractivity contribution >= 4 is 11.3 Å². The molecule has 0 fully saturated rings. The first-order chi connectivity index (χ1) is 7.22. The summed E-state index contributed by atoms with van der Waals surface area (Å²) in [4.78, 5) is 3.56. The quantitative estimate of drug-likeness (QED) is 0.722. The Labute approximate surface area is 95.8 Å². The molecule has 1 heterocycles. The smallest absolute Gasteiger partial charge is 0.0725 e. The van der Waals surface area contributed by atoms with Gasteiger partial charge in [0.05, 0.1) is 6.61 Å². The average molecular weight is 228 g/mol. The zero-order valence-electron chi connectivity index (χ0n) is 9.53. The van der Waals surface area contributed by atoms with Gasteiger partial charge in [-0.2, -0.15) is 0 Å². The van der Waals surface area contributed by atoms with Gasteiger partial charge < -0.3 is 15.4 Å². The van der Waals surface area contributed by atoms with Crippen LogP contribution in [-0.4, -0.2) is 32.1 Å².